The van der Waals surface area contributed by atoms with E-state index in [-0.39, 0.29) is 28.6 Å². The van der Waals surface area contributed by atoms with Gasteiger partial charge in [0.1, 0.15) is 11.5 Å². The molecule has 0 saturated carbocycles. The fourth-order valence-corrected chi connectivity index (χ4v) is 3.27. The summed E-state index contributed by atoms with van der Waals surface area (Å²) in [5.74, 6) is 0.461. The van der Waals surface area contributed by atoms with Gasteiger partial charge in [0.05, 0.1) is 24.8 Å². The predicted octanol–water partition coefficient (Wildman–Crippen LogP) is 2.42. The van der Waals surface area contributed by atoms with Crippen LogP contribution in [0, 0.1) is 0 Å². The molecule has 0 saturated heterocycles. The first-order chi connectivity index (χ1) is 12.4. The second kappa shape index (κ2) is 8.39. The lowest BCUT2D eigenvalue weighted by Gasteiger charge is -2.13. The Labute approximate surface area is 152 Å². The van der Waals surface area contributed by atoms with Gasteiger partial charge in [0, 0.05) is 18.2 Å². The van der Waals surface area contributed by atoms with Gasteiger partial charge in [0.2, 0.25) is 0 Å². The van der Waals surface area contributed by atoms with E-state index in [4.69, 9.17) is 9.47 Å². The Morgan fingerprint density at radius 3 is 2.58 bits per heavy atom. The molecule has 0 aromatic heterocycles. The molecule has 7 nitrogen and oxygen atoms in total. The molecule has 0 aliphatic rings. The van der Waals surface area contributed by atoms with Crippen molar-refractivity contribution in [1.29, 1.82) is 0 Å². The third-order valence-corrected chi connectivity index (χ3v) is 4.83. The number of sulfonamides is 1. The van der Waals surface area contributed by atoms with Gasteiger partial charge in [0.15, 0.2) is 0 Å². The molecule has 2 aromatic rings. The molecule has 138 valence electrons. The quantitative estimate of drug-likeness (QED) is 0.690. The Morgan fingerprint density at radius 2 is 1.92 bits per heavy atom. The van der Waals surface area contributed by atoms with Gasteiger partial charge in [-0.3, -0.25) is 9.52 Å². The molecular formula is C18H20N2O5S. The highest BCUT2D eigenvalue weighted by Crippen LogP contribution is 2.30. The van der Waals surface area contributed by atoms with Crippen LogP contribution in [0.3, 0.4) is 0 Å². The number of anilines is 1. The summed E-state index contributed by atoms with van der Waals surface area (Å²) in [6.07, 6.45) is 1.54. The molecule has 2 rings (SSSR count). The lowest BCUT2D eigenvalue weighted by atomic mass is 10.2. The van der Waals surface area contributed by atoms with Crippen LogP contribution in [0.25, 0.3) is 0 Å². The third-order valence-electron chi connectivity index (χ3n) is 3.47. The maximum Gasteiger partial charge on any atom is 0.262 e. The summed E-state index contributed by atoms with van der Waals surface area (Å²) in [7, 11) is -0.984. The summed E-state index contributed by atoms with van der Waals surface area (Å²) in [6.45, 7) is 3.81. The van der Waals surface area contributed by atoms with Crippen molar-refractivity contribution >= 4 is 21.6 Å². The van der Waals surface area contributed by atoms with Crippen LogP contribution in [-0.2, 0) is 10.0 Å². The topological polar surface area (TPSA) is 93.7 Å². The number of rotatable bonds is 8. The molecule has 0 bridgehead atoms. The fraction of sp³-hybridized carbons (Fsp3) is 0.167. The van der Waals surface area contributed by atoms with Crippen LogP contribution >= 0.6 is 0 Å². The first-order valence-corrected chi connectivity index (χ1v) is 9.13. The molecule has 2 N–H and O–H groups in total. The van der Waals surface area contributed by atoms with Crippen molar-refractivity contribution in [1.82, 2.24) is 5.32 Å². The van der Waals surface area contributed by atoms with E-state index in [2.05, 4.69) is 16.6 Å². The van der Waals surface area contributed by atoms with Crippen molar-refractivity contribution in [2.75, 3.05) is 25.5 Å². The van der Waals surface area contributed by atoms with Crippen LogP contribution in [-0.4, -0.2) is 35.1 Å². The number of carbonyl (C=O) groups is 1. The number of hydrogen-bond donors (Lipinski definition) is 2. The Bertz CT molecular complexity index is 910. The number of methoxy groups -OCH3 is 2. The van der Waals surface area contributed by atoms with Crippen molar-refractivity contribution in [3.63, 3.8) is 0 Å². The van der Waals surface area contributed by atoms with E-state index < -0.39 is 10.0 Å². The second-order valence-electron chi connectivity index (χ2n) is 5.20. The summed E-state index contributed by atoms with van der Waals surface area (Å²) in [4.78, 5) is 12.0. The molecule has 26 heavy (non-hydrogen) atoms. The van der Waals surface area contributed by atoms with E-state index >= 15 is 0 Å². The molecule has 8 heteroatoms. The largest absolute Gasteiger partial charge is 0.497 e. The Hall–Kier alpha value is -3.00. The number of benzene rings is 2. The number of carbonyl (C=O) groups excluding carboxylic acids is 1. The Morgan fingerprint density at radius 1 is 1.15 bits per heavy atom. The van der Waals surface area contributed by atoms with Gasteiger partial charge >= 0.3 is 0 Å². The first-order valence-electron chi connectivity index (χ1n) is 7.65. The monoisotopic (exact) mass is 376 g/mol. The maximum absolute atomic E-state index is 12.7. The third kappa shape index (κ3) is 4.54. The smallest absolute Gasteiger partial charge is 0.262 e. The number of hydrogen-bond acceptors (Lipinski definition) is 5. The normalized spacial score (nSPS) is 10.7. The van der Waals surface area contributed by atoms with Gasteiger partial charge in [-0.2, -0.15) is 0 Å². The van der Waals surface area contributed by atoms with Crippen LogP contribution in [0.5, 0.6) is 11.5 Å². The minimum Gasteiger partial charge on any atom is -0.497 e. The zero-order valence-electron chi connectivity index (χ0n) is 14.5. The van der Waals surface area contributed by atoms with Crippen LogP contribution < -0.4 is 19.5 Å². The molecule has 0 atom stereocenters. The van der Waals surface area contributed by atoms with Crippen molar-refractivity contribution in [2.45, 2.75) is 4.90 Å². The predicted molar refractivity (Wildman–Crippen MR) is 99.3 cm³/mol. The SMILES string of the molecule is C=CCNC(=O)c1cccc(S(=O)(=O)Nc2ccc(OC)cc2OC)c1. The molecule has 0 radical (unpaired) electrons. The molecule has 1 amide bonds. The van der Waals surface area contributed by atoms with E-state index in [0.29, 0.717) is 11.5 Å². The lowest BCUT2D eigenvalue weighted by Crippen LogP contribution is -2.23. The zero-order chi connectivity index (χ0) is 19.2. The summed E-state index contributed by atoms with van der Waals surface area (Å²) in [5.41, 5.74) is 0.492. The highest BCUT2D eigenvalue weighted by molar-refractivity contribution is 7.92. The van der Waals surface area contributed by atoms with Gasteiger partial charge in [-0.15, -0.1) is 6.58 Å². The van der Waals surface area contributed by atoms with E-state index in [1.54, 1.807) is 12.1 Å². The average molecular weight is 376 g/mol. The van der Waals surface area contributed by atoms with Gasteiger partial charge in [-0.1, -0.05) is 12.1 Å². The fourth-order valence-electron chi connectivity index (χ4n) is 2.16. The molecule has 0 aliphatic heterocycles. The first kappa shape index (κ1) is 19.3. The highest BCUT2D eigenvalue weighted by Gasteiger charge is 2.18. The van der Waals surface area contributed by atoms with E-state index in [9.17, 15) is 13.2 Å². The van der Waals surface area contributed by atoms with Gasteiger partial charge in [0.25, 0.3) is 15.9 Å². The van der Waals surface area contributed by atoms with E-state index in [1.165, 1.54) is 50.6 Å². The van der Waals surface area contributed by atoms with Crippen LogP contribution in [0.4, 0.5) is 5.69 Å². The van der Waals surface area contributed by atoms with Gasteiger partial charge in [-0.05, 0) is 30.3 Å². The molecule has 2 aromatic carbocycles. The molecule has 0 aliphatic carbocycles. The highest BCUT2D eigenvalue weighted by atomic mass is 32.2. The van der Waals surface area contributed by atoms with Crippen molar-refractivity contribution < 1.29 is 22.7 Å². The zero-order valence-corrected chi connectivity index (χ0v) is 15.3. The second-order valence-corrected chi connectivity index (χ2v) is 6.88. The maximum atomic E-state index is 12.7. The van der Waals surface area contributed by atoms with Crippen LogP contribution in [0.15, 0.2) is 60.0 Å². The summed E-state index contributed by atoms with van der Waals surface area (Å²) in [5, 5.41) is 2.60. The van der Waals surface area contributed by atoms with Gasteiger partial charge < -0.3 is 14.8 Å². The molecule has 0 spiro atoms. The standard InChI is InChI=1S/C18H20N2O5S/c1-4-10-19-18(21)13-6-5-7-15(11-13)26(22,23)20-16-9-8-14(24-2)12-17(16)25-3/h4-9,11-12,20H,1,10H2,2-3H3,(H,19,21). The van der Waals surface area contributed by atoms with Crippen molar-refractivity contribution in [2.24, 2.45) is 0 Å². The van der Waals surface area contributed by atoms with Crippen LogP contribution in [0.2, 0.25) is 0 Å². The van der Waals surface area contributed by atoms with Gasteiger partial charge in [-0.25, -0.2) is 8.42 Å². The molecular weight excluding hydrogens is 356 g/mol. The van der Waals surface area contributed by atoms with E-state index in [1.807, 2.05) is 0 Å². The van der Waals surface area contributed by atoms with Crippen molar-refractivity contribution in [3.8, 4) is 11.5 Å². The Balaban J connectivity index is 2.31. The lowest BCUT2D eigenvalue weighted by molar-refractivity contribution is 0.0958. The number of amides is 1. The summed E-state index contributed by atoms with van der Waals surface area (Å²) >= 11 is 0. The average Bonchev–Trinajstić information content (AvgIpc) is 2.66. The van der Waals surface area contributed by atoms with Crippen molar-refractivity contribution in [3.05, 3.63) is 60.7 Å². The summed E-state index contributed by atoms with van der Waals surface area (Å²) in [6, 6.07) is 10.5. The minimum absolute atomic E-state index is 0.0402. The molecule has 0 unspecified atom stereocenters. The molecule has 0 heterocycles. The number of nitrogens with one attached hydrogen (secondary N) is 2. The minimum atomic E-state index is -3.91. The Kier molecular flexibility index (Phi) is 6.24. The van der Waals surface area contributed by atoms with Crippen LogP contribution in [0.1, 0.15) is 10.4 Å². The van der Waals surface area contributed by atoms with E-state index in [0.717, 1.165) is 0 Å². The molecule has 0 fully saturated rings. The summed E-state index contributed by atoms with van der Waals surface area (Å²) < 4.78 is 38.1. The number of ether oxygens (including phenoxy) is 2.